The van der Waals surface area contributed by atoms with Crippen LogP contribution >= 0.6 is 0 Å². The molecule has 0 aliphatic carbocycles. The molecule has 0 radical (unpaired) electrons. The Bertz CT molecular complexity index is 1460. The maximum absolute atomic E-state index is 13.4. The van der Waals surface area contributed by atoms with Crippen molar-refractivity contribution >= 4 is 17.1 Å². The van der Waals surface area contributed by atoms with Crippen LogP contribution in [0.5, 0.6) is 5.75 Å². The zero-order valence-corrected chi connectivity index (χ0v) is 19.8. The van der Waals surface area contributed by atoms with Crippen LogP contribution < -0.4 is 15.2 Å². The fourth-order valence-corrected chi connectivity index (χ4v) is 4.60. The van der Waals surface area contributed by atoms with Crippen molar-refractivity contribution < 1.29 is 19.0 Å². The molecule has 9 nitrogen and oxygen atoms in total. The Balaban J connectivity index is 1.34. The van der Waals surface area contributed by atoms with Gasteiger partial charge in [-0.1, -0.05) is 12.1 Å². The number of hydrogen-bond donors (Lipinski definition) is 1. The van der Waals surface area contributed by atoms with E-state index in [9.17, 15) is 19.1 Å². The zero-order chi connectivity index (χ0) is 25.2. The molecule has 1 saturated heterocycles. The smallest absolute Gasteiger partial charge is 0.277 e. The number of ether oxygens (including phenoxy) is 1. The molecule has 1 aliphatic rings. The third-order valence-corrected chi connectivity index (χ3v) is 6.50. The van der Waals surface area contributed by atoms with E-state index in [1.165, 1.54) is 27.4 Å². The number of aliphatic hydroxyl groups is 1. The topological polar surface area (TPSA) is 92.3 Å². The molecule has 4 aromatic rings. The maximum atomic E-state index is 13.4. The Hall–Kier alpha value is -4.18. The van der Waals surface area contributed by atoms with Crippen LogP contribution in [0.1, 0.15) is 5.56 Å². The van der Waals surface area contributed by atoms with Crippen LogP contribution in [-0.4, -0.2) is 63.4 Å². The molecule has 1 fully saturated rings. The number of nitrogens with zero attached hydrogens (tertiary/aromatic N) is 5. The molecule has 0 bridgehead atoms. The van der Waals surface area contributed by atoms with E-state index < -0.39 is 18.0 Å². The van der Waals surface area contributed by atoms with Gasteiger partial charge in [0.05, 0.1) is 25.1 Å². The number of rotatable bonds is 6. The molecule has 10 heteroatoms. The molecule has 1 N–H and O–H groups in total. The average Bonchev–Trinajstić information content (AvgIpc) is 3.30. The quantitative estimate of drug-likeness (QED) is 0.445. The highest BCUT2D eigenvalue weighted by Crippen LogP contribution is 2.28. The lowest BCUT2D eigenvalue weighted by molar-refractivity contribution is -0.132. The van der Waals surface area contributed by atoms with Crippen LogP contribution in [0.15, 0.2) is 65.7 Å². The van der Waals surface area contributed by atoms with Gasteiger partial charge in [0.15, 0.2) is 0 Å². The second-order valence-corrected chi connectivity index (χ2v) is 8.56. The summed E-state index contributed by atoms with van der Waals surface area (Å²) >= 11 is 0. The van der Waals surface area contributed by atoms with Crippen molar-refractivity contribution in [3.05, 3.63) is 82.7 Å². The van der Waals surface area contributed by atoms with E-state index in [0.717, 1.165) is 11.4 Å². The number of hydrogen-bond acceptors (Lipinski definition) is 6. The first kappa shape index (κ1) is 23.6. The van der Waals surface area contributed by atoms with Gasteiger partial charge in [0.1, 0.15) is 23.6 Å². The Morgan fingerprint density at radius 2 is 1.78 bits per heavy atom. The fourth-order valence-electron chi connectivity index (χ4n) is 4.60. The lowest BCUT2D eigenvalue weighted by atomic mass is 10.1. The zero-order valence-electron chi connectivity index (χ0n) is 19.8. The predicted octanol–water partition coefficient (Wildman–Crippen LogP) is 2.15. The van der Waals surface area contributed by atoms with Crippen molar-refractivity contribution in [1.82, 2.24) is 19.1 Å². The van der Waals surface area contributed by atoms with E-state index in [0.29, 0.717) is 43.0 Å². The second-order valence-electron chi connectivity index (χ2n) is 8.56. The number of carbonyl (C=O) groups excluding carboxylic acids is 1. The van der Waals surface area contributed by atoms with E-state index in [1.54, 1.807) is 30.3 Å². The summed E-state index contributed by atoms with van der Waals surface area (Å²) in [5.74, 6) is 0.236. The van der Waals surface area contributed by atoms with Gasteiger partial charge in [-0.25, -0.2) is 8.91 Å². The maximum Gasteiger partial charge on any atom is 0.277 e. The lowest BCUT2D eigenvalue weighted by Crippen LogP contribution is -2.50. The van der Waals surface area contributed by atoms with Gasteiger partial charge in [0.2, 0.25) is 5.91 Å². The minimum absolute atomic E-state index is 0.119. The first-order chi connectivity index (χ1) is 17.5. The minimum Gasteiger partial charge on any atom is -0.495 e. The summed E-state index contributed by atoms with van der Waals surface area (Å²) in [7, 11) is 1.64. The van der Waals surface area contributed by atoms with E-state index in [1.807, 2.05) is 24.3 Å². The molecule has 36 heavy (non-hydrogen) atoms. The van der Waals surface area contributed by atoms with Crippen molar-refractivity contribution in [2.45, 2.75) is 13.2 Å². The van der Waals surface area contributed by atoms with Crippen LogP contribution in [0.4, 0.5) is 10.1 Å². The van der Waals surface area contributed by atoms with E-state index in [4.69, 9.17) is 4.74 Å². The summed E-state index contributed by atoms with van der Waals surface area (Å²) in [6, 6.07) is 13.5. The van der Waals surface area contributed by atoms with Crippen LogP contribution in [0.3, 0.4) is 0 Å². The van der Waals surface area contributed by atoms with Gasteiger partial charge in [-0.2, -0.15) is 5.10 Å². The number of amides is 1. The molecule has 0 unspecified atom stereocenters. The summed E-state index contributed by atoms with van der Waals surface area (Å²) in [6.45, 7) is 1.81. The first-order valence-corrected chi connectivity index (χ1v) is 11.6. The van der Waals surface area contributed by atoms with Gasteiger partial charge < -0.3 is 24.2 Å². The Kier molecular flexibility index (Phi) is 6.43. The number of anilines is 1. The molecule has 0 atom stereocenters. The summed E-state index contributed by atoms with van der Waals surface area (Å²) in [5.41, 5.74) is 2.06. The van der Waals surface area contributed by atoms with E-state index >= 15 is 0 Å². The molecule has 2 aromatic heterocycles. The Morgan fingerprint density at radius 1 is 1.06 bits per heavy atom. The van der Waals surface area contributed by atoms with Gasteiger partial charge in [0.25, 0.3) is 5.56 Å². The number of piperazine rings is 1. The molecular formula is C26H26FN5O4. The summed E-state index contributed by atoms with van der Waals surface area (Å²) in [5, 5.41) is 14.4. The Labute approximate surface area is 206 Å². The molecule has 3 heterocycles. The molecule has 2 aromatic carbocycles. The lowest BCUT2D eigenvalue weighted by Gasteiger charge is -2.36. The van der Waals surface area contributed by atoms with Gasteiger partial charge in [0, 0.05) is 49.7 Å². The van der Waals surface area contributed by atoms with Crippen molar-refractivity contribution in [2.24, 2.45) is 0 Å². The Morgan fingerprint density at radius 3 is 2.47 bits per heavy atom. The van der Waals surface area contributed by atoms with E-state index in [-0.39, 0.29) is 18.0 Å². The average molecular weight is 492 g/mol. The molecule has 5 rings (SSSR count). The monoisotopic (exact) mass is 491 g/mol. The van der Waals surface area contributed by atoms with E-state index in [2.05, 4.69) is 10.00 Å². The van der Waals surface area contributed by atoms with Gasteiger partial charge in [-0.3, -0.25) is 9.59 Å². The summed E-state index contributed by atoms with van der Waals surface area (Å²) in [6.07, 6.45) is 3.09. The van der Waals surface area contributed by atoms with Crippen molar-refractivity contribution in [1.29, 1.82) is 0 Å². The number of benzene rings is 2. The van der Waals surface area contributed by atoms with Gasteiger partial charge >= 0.3 is 0 Å². The van der Waals surface area contributed by atoms with Crippen LogP contribution in [0, 0.1) is 5.82 Å². The second kappa shape index (κ2) is 9.82. The van der Waals surface area contributed by atoms with Crippen molar-refractivity contribution in [2.75, 3.05) is 38.2 Å². The van der Waals surface area contributed by atoms with Gasteiger partial charge in [-0.15, -0.1) is 0 Å². The highest BCUT2D eigenvalue weighted by atomic mass is 19.1. The highest BCUT2D eigenvalue weighted by Gasteiger charge is 2.24. The number of carbonyl (C=O) groups is 1. The number of aromatic nitrogens is 3. The first-order valence-electron chi connectivity index (χ1n) is 11.6. The predicted molar refractivity (Wildman–Crippen MR) is 133 cm³/mol. The highest BCUT2D eigenvalue weighted by molar-refractivity contribution is 5.77. The molecule has 0 saturated carbocycles. The van der Waals surface area contributed by atoms with Crippen LogP contribution in [0.25, 0.3) is 16.8 Å². The minimum atomic E-state index is -0.427. The summed E-state index contributed by atoms with van der Waals surface area (Å²) < 4.78 is 21.5. The molecule has 1 amide bonds. The van der Waals surface area contributed by atoms with Crippen molar-refractivity contribution in [3.63, 3.8) is 0 Å². The standard InChI is InChI=1S/C26H26FN5O4/c1-36-22-5-3-2-4-21(22)29-10-12-30(13-11-29)23(34)16-31-14-15-32-25(26(31)35)20(17-33)24(28-32)18-6-8-19(27)9-7-18/h2-9,14-15,33H,10-13,16-17H2,1H3. The number of fused-ring (bicyclic) bond motifs is 1. The largest absolute Gasteiger partial charge is 0.495 e. The number of halogens is 1. The van der Waals surface area contributed by atoms with Gasteiger partial charge in [-0.05, 0) is 36.4 Å². The summed E-state index contributed by atoms with van der Waals surface area (Å²) in [4.78, 5) is 30.2. The molecule has 1 aliphatic heterocycles. The van der Waals surface area contributed by atoms with Crippen LogP contribution in [-0.2, 0) is 17.9 Å². The molecule has 186 valence electrons. The fraction of sp³-hybridized carbons (Fsp3) is 0.269. The number of aliphatic hydroxyl groups excluding tert-OH is 1. The van der Waals surface area contributed by atoms with Crippen LogP contribution in [0.2, 0.25) is 0 Å². The third-order valence-electron chi connectivity index (χ3n) is 6.50. The normalized spacial score (nSPS) is 13.9. The number of para-hydroxylation sites is 2. The third kappa shape index (κ3) is 4.31. The SMILES string of the molecule is COc1ccccc1N1CCN(C(=O)Cn2ccn3nc(-c4ccc(F)cc4)c(CO)c3c2=O)CC1. The number of methoxy groups -OCH3 is 1. The molecular weight excluding hydrogens is 465 g/mol. The van der Waals surface area contributed by atoms with Crippen molar-refractivity contribution in [3.8, 4) is 17.0 Å². The molecule has 0 spiro atoms.